The molecule has 1 N–H and O–H groups in total. The molecule has 5 heteroatoms. The molecule has 1 unspecified atom stereocenters. The van der Waals surface area contributed by atoms with Crippen molar-refractivity contribution in [1.82, 2.24) is 5.32 Å². The predicted octanol–water partition coefficient (Wildman–Crippen LogP) is 2.25. The van der Waals surface area contributed by atoms with Gasteiger partial charge in [-0.15, -0.1) is 12.4 Å². The normalized spacial score (nSPS) is 11.6. The average Bonchev–Trinajstić information content (AvgIpc) is 2.36. The zero-order valence-electron chi connectivity index (χ0n) is 11.4. The number of nitrogens with one attached hydrogen (secondary N) is 1. The minimum Gasteiger partial charge on any atom is -0.497 e. The highest BCUT2D eigenvalue weighted by Crippen LogP contribution is 2.22. The van der Waals surface area contributed by atoms with Crippen LogP contribution in [0.2, 0.25) is 0 Å². The lowest BCUT2D eigenvalue weighted by Crippen LogP contribution is -2.29. The molecule has 0 heterocycles. The van der Waals surface area contributed by atoms with Gasteiger partial charge in [0.25, 0.3) is 0 Å². The first-order chi connectivity index (χ1) is 8.19. The molecule has 1 aromatic rings. The summed E-state index contributed by atoms with van der Waals surface area (Å²) in [7, 11) is 5.01. The van der Waals surface area contributed by atoms with Crippen molar-refractivity contribution in [1.29, 1.82) is 0 Å². The van der Waals surface area contributed by atoms with Crippen LogP contribution in [0.5, 0.6) is 11.5 Å². The molecule has 0 fully saturated rings. The number of halogens is 1. The molecule has 0 spiro atoms. The molecular weight excluding hydrogens is 254 g/mol. The Bertz CT molecular complexity index is 325. The lowest BCUT2D eigenvalue weighted by atomic mass is 10.2. The van der Waals surface area contributed by atoms with Crippen molar-refractivity contribution in [3.8, 4) is 11.5 Å². The van der Waals surface area contributed by atoms with Crippen LogP contribution in [0.15, 0.2) is 18.2 Å². The van der Waals surface area contributed by atoms with Crippen LogP contribution in [-0.4, -0.2) is 34.0 Å². The van der Waals surface area contributed by atoms with Crippen LogP contribution in [0.4, 0.5) is 0 Å². The molecule has 18 heavy (non-hydrogen) atoms. The van der Waals surface area contributed by atoms with Gasteiger partial charge < -0.3 is 19.5 Å². The van der Waals surface area contributed by atoms with Crippen LogP contribution < -0.4 is 14.8 Å². The molecule has 0 aliphatic heterocycles. The summed E-state index contributed by atoms with van der Waals surface area (Å²) in [4.78, 5) is 0. The monoisotopic (exact) mass is 275 g/mol. The Hall–Kier alpha value is -0.970. The first-order valence-corrected chi connectivity index (χ1v) is 5.64. The summed E-state index contributed by atoms with van der Waals surface area (Å²) in [6, 6.07) is 6.17. The number of methoxy groups -OCH3 is 3. The molecule has 0 aliphatic rings. The Morgan fingerprint density at radius 2 is 1.61 bits per heavy atom. The van der Waals surface area contributed by atoms with Crippen molar-refractivity contribution >= 4 is 12.4 Å². The van der Waals surface area contributed by atoms with Crippen LogP contribution in [0.25, 0.3) is 0 Å². The molecule has 1 rings (SSSR count). The quantitative estimate of drug-likeness (QED) is 0.829. The first-order valence-electron chi connectivity index (χ1n) is 5.64. The van der Waals surface area contributed by atoms with Crippen LogP contribution in [0, 0.1) is 0 Å². The van der Waals surface area contributed by atoms with Crippen LogP contribution in [-0.2, 0) is 11.3 Å². The Balaban J connectivity index is 0.00000289. The fourth-order valence-electron chi connectivity index (χ4n) is 1.57. The molecule has 0 saturated heterocycles. The molecule has 0 saturated carbocycles. The molecule has 0 amide bonds. The predicted molar refractivity (Wildman–Crippen MR) is 75.0 cm³/mol. The van der Waals surface area contributed by atoms with Gasteiger partial charge in [-0.2, -0.15) is 0 Å². The summed E-state index contributed by atoms with van der Waals surface area (Å²) >= 11 is 0. The second-order valence-corrected chi connectivity index (χ2v) is 3.96. The summed E-state index contributed by atoms with van der Waals surface area (Å²) in [6.07, 6.45) is 0. The number of hydrogen-bond donors (Lipinski definition) is 1. The van der Waals surface area contributed by atoms with Crippen molar-refractivity contribution in [2.75, 3.05) is 27.9 Å². The zero-order valence-corrected chi connectivity index (χ0v) is 12.2. The fourth-order valence-corrected chi connectivity index (χ4v) is 1.57. The number of rotatable bonds is 7. The summed E-state index contributed by atoms with van der Waals surface area (Å²) in [6.45, 7) is 3.54. The maximum atomic E-state index is 5.22. The van der Waals surface area contributed by atoms with E-state index in [1.165, 1.54) is 0 Å². The largest absolute Gasteiger partial charge is 0.497 e. The number of hydrogen-bond acceptors (Lipinski definition) is 4. The van der Waals surface area contributed by atoms with Gasteiger partial charge in [0, 0.05) is 25.8 Å². The highest BCUT2D eigenvalue weighted by molar-refractivity contribution is 5.85. The Labute approximate surface area is 115 Å². The van der Waals surface area contributed by atoms with E-state index in [-0.39, 0.29) is 12.4 Å². The summed E-state index contributed by atoms with van der Waals surface area (Å²) < 4.78 is 15.5. The van der Waals surface area contributed by atoms with E-state index in [9.17, 15) is 0 Å². The standard InChI is InChI=1S/C13H21NO3.ClH/c1-10(9-15-2)14-8-11-5-12(16-3)7-13(6-11)17-4;/h5-7,10,14H,8-9H2,1-4H3;1H. The van der Waals surface area contributed by atoms with Gasteiger partial charge in [0.05, 0.1) is 20.8 Å². The van der Waals surface area contributed by atoms with Crippen molar-refractivity contribution in [3.63, 3.8) is 0 Å². The Kier molecular flexibility index (Phi) is 8.54. The van der Waals surface area contributed by atoms with Gasteiger partial charge in [-0.3, -0.25) is 0 Å². The van der Waals surface area contributed by atoms with Crippen molar-refractivity contribution < 1.29 is 14.2 Å². The zero-order chi connectivity index (χ0) is 12.7. The van der Waals surface area contributed by atoms with Gasteiger partial charge >= 0.3 is 0 Å². The van der Waals surface area contributed by atoms with Crippen molar-refractivity contribution in [2.24, 2.45) is 0 Å². The molecule has 0 aromatic heterocycles. The maximum Gasteiger partial charge on any atom is 0.122 e. The third-order valence-corrected chi connectivity index (χ3v) is 2.48. The van der Waals surface area contributed by atoms with Gasteiger partial charge in [0.1, 0.15) is 11.5 Å². The molecule has 0 radical (unpaired) electrons. The minimum atomic E-state index is 0. The van der Waals surface area contributed by atoms with Crippen molar-refractivity contribution in [3.05, 3.63) is 23.8 Å². The summed E-state index contributed by atoms with van der Waals surface area (Å²) in [5.41, 5.74) is 1.13. The summed E-state index contributed by atoms with van der Waals surface area (Å²) in [5.74, 6) is 1.61. The molecule has 0 bridgehead atoms. The molecular formula is C13H22ClNO3. The van der Waals surface area contributed by atoms with Crippen molar-refractivity contribution in [2.45, 2.75) is 19.5 Å². The van der Waals surface area contributed by atoms with E-state index in [1.807, 2.05) is 18.2 Å². The molecule has 1 atom stereocenters. The first kappa shape index (κ1) is 17.0. The van der Waals surface area contributed by atoms with E-state index in [0.717, 1.165) is 23.6 Å². The molecule has 4 nitrogen and oxygen atoms in total. The SMILES string of the molecule is COCC(C)NCc1cc(OC)cc(OC)c1.Cl. The Morgan fingerprint density at radius 1 is 1.06 bits per heavy atom. The van der Waals surface area contributed by atoms with Gasteiger partial charge in [0.15, 0.2) is 0 Å². The smallest absolute Gasteiger partial charge is 0.122 e. The van der Waals surface area contributed by atoms with Gasteiger partial charge in [-0.25, -0.2) is 0 Å². The molecule has 104 valence electrons. The lowest BCUT2D eigenvalue weighted by molar-refractivity contribution is 0.171. The topological polar surface area (TPSA) is 39.7 Å². The molecule has 0 aliphatic carbocycles. The van der Waals surface area contributed by atoms with E-state index in [1.54, 1.807) is 21.3 Å². The van der Waals surface area contributed by atoms with Gasteiger partial charge in [-0.1, -0.05) is 0 Å². The minimum absolute atomic E-state index is 0. The highest BCUT2D eigenvalue weighted by atomic mass is 35.5. The highest BCUT2D eigenvalue weighted by Gasteiger charge is 2.04. The average molecular weight is 276 g/mol. The van der Waals surface area contributed by atoms with E-state index >= 15 is 0 Å². The second kappa shape index (κ2) is 9.03. The maximum absolute atomic E-state index is 5.22. The third-order valence-electron chi connectivity index (χ3n) is 2.48. The fraction of sp³-hybridized carbons (Fsp3) is 0.538. The van der Waals surface area contributed by atoms with Crippen LogP contribution >= 0.6 is 12.4 Å². The second-order valence-electron chi connectivity index (χ2n) is 3.96. The lowest BCUT2D eigenvalue weighted by Gasteiger charge is -2.14. The molecule has 1 aromatic carbocycles. The van der Waals surface area contributed by atoms with Crippen LogP contribution in [0.1, 0.15) is 12.5 Å². The Morgan fingerprint density at radius 3 is 2.06 bits per heavy atom. The van der Waals surface area contributed by atoms with Gasteiger partial charge in [-0.05, 0) is 24.6 Å². The van der Waals surface area contributed by atoms with Gasteiger partial charge in [0.2, 0.25) is 0 Å². The number of ether oxygens (including phenoxy) is 3. The van der Waals surface area contributed by atoms with E-state index in [4.69, 9.17) is 14.2 Å². The summed E-state index contributed by atoms with van der Waals surface area (Å²) in [5, 5.41) is 3.37. The van der Waals surface area contributed by atoms with E-state index < -0.39 is 0 Å². The number of benzene rings is 1. The third kappa shape index (κ3) is 5.58. The van der Waals surface area contributed by atoms with E-state index in [0.29, 0.717) is 12.6 Å². The van der Waals surface area contributed by atoms with Crippen LogP contribution in [0.3, 0.4) is 0 Å². The van der Waals surface area contributed by atoms with E-state index in [2.05, 4.69) is 12.2 Å².